The summed E-state index contributed by atoms with van der Waals surface area (Å²) in [5, 5.41) is 0. The molecule has 0 aromatic rings. The zero-order valence-electron chi connectivity index (χ0n) is 13.6. The molecular formula is C15H29N3O2. The van der Waals surface area contributed by atoms with Gasteiger partial charge in [-0.1, -0.05) is 0 Å². The molecule has 0 bridgehead atoms. The monoisotopic (exact) mass is 283 g/mol. The highest BCUT2D eigenvalue weighted by atomic mass is 16.6. The van der Waals surface area contributed by atoms with E-state index in [2.05, 4.69) is 16.8 Å². The van der Waals surface area contributed by atoms with Gasteiger partial charge in [-0.15, -0.1) is 0 Å². The quantitative estimate of drug-likeness (QED) is 0.772. The molecule has 0 spiro atoms. The Morgan fingerprint density at radius 1 is 1.15 bits per heavy atom. The van der Waals surface area contributed by atoms with Crippen LogP contribution < -0.4 is 0 Å². The Labute approximate surface area is 122 Å². The van der Waals surface area contributed by atoms with E-state index < -0.39 is 5.60 Å². The van der Waals surface area contributed by atoms with Crippen LogP contribution in [0, 0.1) is 0 Å². The van der Waals surface area contributed by atoms with Crippen molar-refractivity contribution in [2.45, 2.75) is 51.3 Å². The van der Waals surface area contributed by atoms with Crippen LogP contribution in [0.2, 0.25) is 0 Å². The predicted octanol–water partition coefficient (Wildman–Crippen LogP) is 1.63. The van der Waals surface area contributed by atoms with Gasteiger partial charge in [-0.3, -0.25) is 4.90 Å². The van der Waals surface area contributed by atoms with E-state index in [0.29, 0.717) is 12.1 Å². The van der Waals surface area contributed by atoms with Crippen LogP contribution in [0.4, 0.5) is 4.79 Å². The van der Waals surface area contributed by atoms with Gasteiger partial charge in [-0.05, 0) is 40.7 Å². The van der Waals surface area contributed by atoms with Gasteiger partial charge in [-0.2, -0.15) is 0 Å². The largest absolute Gasteiger partial charge is 0.444 e. The van der Waals surface area contributed by atoms with E-state index in [0.717, 1.165) is 39.0 Å². The number of carbonyl (C=O) groups excluding carboxylic acids is 1. The summed E-state index contributed by atoms with van der Waals surface area (Å²) in [5.74, 6) is 0. The number of hydrogen-bond acceptors (Lipinski definition) is 4. The second kappa shape index (κ2) is 5.90. The Morgan fingerprint density at radius 3 is 2.20 bits per heavy atom. The average molecular weight is 283 g/mol. The van der Waals surface area contributed by atoms with Crippen LogP contribution in [0.1, 0.15) is 33.6 Å². The lowest BCUT2D eigenvalue weighted by Crippen LogP contribution is -2.58. The van der Waals surface area contributed by atoms with Gasteiger partial charge in [0, 0.05) is 45.3 Å². The normalized spacial score (nSPS) is 28.9. The van der Waals surface area contributed by atoms with Crippen LogP contribution >= 0.6 is 0 Å². The maximum Gasteiger partial charge on any atom is 0.410 e. The topological polar surface area (TPSA) is 36.0 Å². The number of piperazine rings is 1. The van der Waals surface area contributed by atoms with E-state index in [4.69, 9.17) is 4.74 Å². The van der Waals surface area contributed by atoms with Crippen molar-refractivity contribution in [1.29, 1.82) is 0 Å². The summed E-state index contributed by atoms with van der Waals surface area (Å²) in [4.78, 5) is 18.7. The second-order valence-electron chi connectivity index (χ2n) is 7.21. The SMILES string of the molecule is CN1CCN(C2CC(N(C)C(=O)OC(C)(C)C)C2)CC1. The first-order chi connectivity index (χ1) is 9.26. The zero-order valence-corrected chi connectivity index (χ0v) is 13.6. The van der Waals surface area contributed by atoms with Crippen molar-refractivity contribution >= 4 is 6.09 Å². The summed E-state index contributed by atoms with van der Waals surface area (Å²) in [7, 11) is 4.04. The molecule has 1 aliphatic heterocycles. The highest BCUT2D eigenvalue weighted by molar-refractivity contribution is 5.68. The zero-order chi connectivity index (χ0) is 14.9. The lowest BCUT2D eigenvalue weighted by atomic mass is 9.84. The molecular weight excluding hydrogens is 254 g/mol. The van der Waals surface area contributed by atoms with Crippen LogP contribution in [0.5, 0.6) is 0 Å². The molecule has 2 fully saturated rings. The lowest BCUT2D eigenvalue weighted by Gasteiger charge is -2.48. The molecule has 0 aromatic heterocycles. The minimum absolute atomic E-state index is 0.195. The molecule has 1 heterocycles. The number of ether oxygens (including phenoxy) is 1. The Balaban J connectivity index is 1.74. The van der Waals surface area contributed by atoms with Crippen molar-refractivity contribution in [1.82, 2.24) is 14.7 Å². The van der Waals surface area contributed by atoms with Gasteiger partial charge in [0.2, 0.25) is 0 Å². The third-order valence-corrected chi connectivity index (χ3v) is 4.37. The molecule has 2 rings (SSSR count). The maximum absolute atomic E-state index is 12.0. The smallest absolute Gasteiger partial charge is 0.410 e. The molecule has 1 saturated heterocycles. The minimum atomic E-state index is -0.411. The maximum atomic E-state index is 12.0. The molecule has 2 aliphatic rings. The molecule has 1 saturated carbocycles. The molecule has 20 heavy (non-hydrogen) atoms. The van der Waals surface area contributed by atoms with Crippen molar-refractivity contribution in [2.75, 3.05) is 40.3 Å². The van der Waals surface area contributed by atoms with Crippen LogP contribution in [-0.4, -0.2) is 78.8 Å². The fourth-order valence-corrected chi connectivity index (χ4v) is 2.84. The first-order valence-electron chi connectivity index (χ1n) is 7.64. The molecule has 0 N–H and O–H groups in total. The summed E-state index contributed by atoms with van der Waals surface area (Å²) in [6.07, 6.45) is 1.97. The number of rotatable bonds is 2. The molecule has 1 amide bonds. The molecule has 0 radical (unpaired) electrons. The minimum Gasteiger partial charge on any atom is -0.444 e. The molecule has 0 aromatic carbocycles. The average Bonchev–Trinajstić information content (AvgIpc) is 2.27. The number of amides is 1. The number of hydrogen-bond donors (Lipinski definition) is 0. The third kappa shape index (κ3) is 3.85. The van der Waals surface area contributed by atoms with Gasteiger partial charge >= 0.3 is 6.09 Å². The van der Waals surface area contributed by atoms with E-state index >= 15 is 0 Å². The predicted molar refractivity (Wildman–Crippen MR) is 79.9 cm³/mol. The molecule has 5 heteroatoms. The van der Waals surface area contributed by atoms with Crippen molar-refractivity contribution < 1.29 is 9.53 Å². The Morgan fingerprint density at radius 2 is 1.70 bits per heavy atom. The third-order valence-electron chi connectivity index (χ3n) is 4.37. The second-order valence-corrected chi connectivity index (χ2v) is 7.21. The summed E-state index contributed by atoms with van der Waals surface area (Å²) >= 11 is 0. The van der Waals surface area contributed by atoms with Crippen LogP contribution in [0.3, 0.4) is 0 Å². The number of carbonyl (C=O) groups is 1. The van der Waals surface area contributed by atoms with Crippen LogP contribution in [-0.2, 0) is 4.74 Å². The van der Waals surface area contributed by atoms with Gasteiger partial charge in [0.1, 0.15) is 5.60 Å². The summed E-state index contributed by atoms with van der Waals surface area (Å²) in [5.41, 5.74) is -0.411. The molecule has 5 nitrogen and oxygen atoms in total. The highest BCUT2D eigenvalue weighted by Crippen LogP contribution is 2.30. The van der Waals surface area contributed by atoms with E-state index in [9.17, 15) is 4.79 Å². The Kier molecular flexibility index (Phi) is 4.59. The highest BCUT2D eigenvalue weighted by Gasteiger charge is 2.39. The van der Waals surface area contributed by atoms with Gasteiger partial charge in [0.05, 0.1) is 0 Å². The van der Waals surface area contributed by atoms with E-state index in [1.165, 1.54) is 0 Å². The van der Waals surface area contributed by atoms with Gasteiger partial charge in [-0.25, -0.2) is 4.79 Å². The first-order valence-corrected chi connectivity index (χ1v) is 7.64. The van der Waals surface area contributed by atoms with Crippen molar-refractivity contribution in [3.8, 4) is 0 Å². The van der Waals surface area contributed by atoms with E-state index in [1.54, 1.807) is 4.90 Å². The standard InChI is InChI=1S/C15H29N3O2/c1-15(2,3)20-14(19)17(5)12-10-13(11-12)18-8-6-16(4)7-9-18/h12-13H,6-11H2,1-5H3. The molecule has 0 unspecified atom stereocenters. The summed E-state index contributed by atoms with van der Waals surface area (Å²) < 4.78 is 5.42. The fourth-order valence-electron chi connectivity index (χ4n) is 2.84. The Hall–Kier alpha value is -0.810. The van der Waals surface area contributed by atoms with E-state index in [-0.39, 0.29) is 6.09 Å². The molecule has 1 aliphatic carbocycles. The van der Waals surface area contributed by atoms with Crippen LogP contribution in [0.25, 0.3) is 0 Å². The fraction of sp³-hybridized carbons (Fsp3) is 0.933. The van der Waals surface area contributed by atoms with Crippen LogP contribution in [0.15, 0.2) is 0 Å². The first kappa shape index (κ1) is 15.6. The lowest BCUT2D eigenvalue weighted by molar-refractivity contribution is -0.0109. The summed E-state index contributed by atoms with van der Waals surface area (Å²) in [6, 6.07) is 0.994. The van der Waals surface area contributed by atoms with Crippen molar-refractivity contribution in [3.63, 3.8) is 0 Å². The van der Waals surface area contributed by atoms with Gasteiger partial charge < -0.3 is 14.5 Å². The van der Waals surface area contributed by atoms with E-state index in [1.807, 2.05) is 27.8 Å². The van der Waals surface area contributed by atoms with Gasteiger partial charge in [0.15, 0.2) is 0 Å². The molecule has 116 valence electrons. The van der Waals surface area contributed by atoms with Crippen molar-refractivity contribution in [3.05, 3.63) is 0 Å². The summed E-state index contributed by atoms with van der Waals surface area (Å²) in [6.45, 7) is 10.4. The Bertz CT molecular complexity index is 340. The number of likely N-dealkylation sites (N-methyl/N-ethyl adjacent to an activating group) is 1. The molecule has 0 atom stereocenters. The van der Waals surface area contributed by atoms with Gasteiger partial charge in [0.25, 0.3) is 0 Å². The number of nitrogens with zero attached hydrogens (tertiary/aromatic N) is 3. The van der Waals surface area contributed by atoms with Crippen molar-refractivity contribution in [2.24, 2.45) is 0 Å².